The van der Waals surface area contributed by atoms with Crippen LogP contribution in [-0.2, 0) is 26.0 Å². The molecule has 1 aromatic carbocycles. The number of aryl methyl sites for hydroxylation is 1. The van der Waals surface area contributed by atoms with Gasteiger partial charge in [-0.05, 0) is 35.6 Å². The molecule has 0 radical (unpaired) electrons. The Morgan fingerprint density at radius 1 is 1.26 bits per heavy atom. The van der Waals surface area contributed by atoms with Gasteiger partial charge < -0.3 is 4.74 Å². The van der Waals surface area contributed by atoms with Gasteiger partial charge in [0.25, 0.3) is 0 Å². The molecule has 0 aliphatic rings. The first-order chi connectivity index (χ1) is 11.0. The second-order valence-electron chi connectivity index (χ2n) is 4.97. The molecule has 0 saturated carbocycles. The quantitative estimate of drug-likeness (QED) is 0.777. The largest absolute Gasteiger partial charge is 0.469 e. The Kier molecular flexibility index (Phi) is 5.92. The van der Waals surface area contributed by atoms with E-state index < -0.39 is 22.0 Å². The summed E-state index contributed by atoms with van der Waals surface area (Å²) < 4.78 is 32.4. The molecular formula is C16H19NO4S2. The van der Waals surface area contributed by atoms with Gasteiger partial charge in [-0.1, -0.05) is 25.1 Å². The van der Waals surface area contributed by atoms with Crippen molar-refractivity contribution in [3.63, 3.8) is 0 Å². The maximum Gasteiger partial charge on any atom is 0.307 e. The number of sulfonamides is 1. The molecule has 0 bridgehead atoms. The number of methoxy groups -OCH3 is 1. The molecule has 124 valence electrons. The van der Waals surface area contributed by atoms with E-state index in [1.807, 2.05) is 18.4 Å². The van der Waals surface area contributed by atoms with E-state index in [2.05, 4.69) is 9.46 Å². The Bertz CT molecular complexity index is 737. The Hall–Kier alpha value is -1.70. The zero-order valence-corrected chi connectivity index (χ0v) is 14.6. The fourth-order valence-corrected chi connectivity index (χ4v) is 4.17. The first-order valence-corrected chi connectivity index (χ1v) is 9.54. The summed E-state index contributed by atoms with van der Waals surface area (Å²) in [4.78, 5) is 12.5. The lowest BCUT2D eigenvalue weighted by Gasteiger charge is -2.16. The normalized spacial score (nSPS) is 12.8. The second kappa shape index (κ2) is 7.72. The zero-order valence-electron chi connectivity index (χ0n) is 13.0. The van der Waals surface area contributed by atoms with Crippen LogP contribution in [0.5, 0.6) is 0 Å². The van der Waals surface area contributed by atoms with Gasteiger partial charge in [0, 0.05) is 4.88 Å². The number of hydrogen-bond acceptors (Lipinski definition) is 5. The highest BCUT2D eigenvalue weighted by atomic mass is 32.2. The average molecular weight is 353 g/mol. The molecule has 1 heterocycles. The van der Waals surface area contributed by atoms with E-state index in [1.54, 1.807) is 30.3 Å². The third-order valence-electron chi connectivity index (χ3n) is 3.42. The number of hydrogen-bond donors (Lipinski definition) is 1. The van der Waals surface area contributed by atoms with Gasteiger partial charge >= 0.3 is 5.97 Å². The van der Waals surface area contributed by atoms with Crippen LogP contribution in [-0.4, -0.2) is 21.5 Å². The molecule has 5 nitrogen and oxygen atoms in total. The first kappa shape index (κ1) is 17.7. The zero-order chi connectivity index (χ0) is 16.9. The van der Waals surface area contributed by atoms with E-state index in [-0.39, 0.29) is 11.3 Å². The van der Waals surface area contributed by atoms with E-state index in [1.165, 1.54) is 18.4 Å². The first-order valence-electron chi connectivity index (χ1n) is 7.17. The van der Waals surface area contributed by atoms with Gasteiger partial charge in [-0.15, -0.1) is 11.3 Å². The van der Waals surface area contributed by atoms with Crippen LogP contribution < -0.4 is 4.72 Å². The van der Waals surface area contributed by atoms with Gasteiger partial charge in [-0.25, -0.2) is 13.1 Å². The summed E-state index contributed by atoms with van der Waals surface area (Å²) in [5.41, 5.74) is 1.06. The fourth-order valence-electron chi connectivity index (χ4n) is 2.10. The van der Waals surface area contributed by atoms with Crippen LogP contribution in [0, 0.1) is 0 Å². The molecular weight excluding hydrogens is 334 g/mol. The number of esters is 1. The number of benzene rings is 1. The Balaban J connectivity index is 2.24. The van der Waals surface area contributed by atoms with Gasteiger partial charge in [0.15, 0.2) is 0 Å². The summed E-state index contributed by atoms with van der Waals surface area (Å²) in [6, 6.07) is 9.69. The second-order valence-corrected chi connectivity index (χ2v) is 7.66. The maximum atomic E-state index is 12.5. The van der Waals surface area contributed by atoms with Crippen LogP contribution >= 0.6 is 11.3 Å². The lowest BCUT2D eigenvalue weighted by Crippen LogP contribution is -2.30. The molecule has 2 rings (SSSR count). The standard InChI is InChI=1S/C16H19NO4S2/c1-3-12-6-8-13(9-7-12)23(19,20)17-14(11-16(18)21-2)15-5-4-10-22-15/h4-10,14,17H,3,11H2,1-2H3. The molecule has 0 saturated heterocycles. The third kappa shape index (κ3) is 4.63. The predicted octanol–water partition coefficient (Wildman–Crippen LogP) is 2.89. The molecule has 0 aliphatic carbocycles. The van der Waals surface area contributed by atoms with Crippen LogP contribution in [0.25, 0.3) is 0 Å². The molecule has 7 heteroatoms. The minimum atomic E-state index is -3.72. The summed E-state index contributed by atoms with van der Waals surface area (Å²) in [6.07, 6.45) is 0.789. The lowest BCUT2D eigenvalue weighted by atomic mass is 10.2. The number of carbonyl (C=O) groups is 1. The third-order valence-corrected chi connectivity index (χ3v) is 5.90. The van der Waals surface area contributed by atoms with Gasteiger partial charge in [0.05, 0.1) is 24.5 Å². The van der Waals surface area contributed by atoms with Crippen molar-refractivity contribution in [3.05, 3.63) is 52.2 Å². The molecule has 2 aromatic rings. The molecule has 1 unspecified atom stereocenters. The van der Waals surface area contributed by atoms with Crippen LogP contribution in [0.4, 0.5) is 0 Å². The van der Waals surface area contributed by atoms with Crippen molar-refractivity contribution >= 4 is 27.3 Å². The highest BCUT2D eigenvalue weighted by Crippen LogP contribution is 2.25. The summed E-state index contributed by atoms with van der Waals surface area (Å²) in [6.45, 7) is 2.00. The minimum Gasteiger partial charge on any atom is -0.469 e. The Labute approximate surface area is 140 Å². The topological polar surface area (TPSA) is 72.5 Å². The van der Waals surface area contributed by atoms with Gasteiger partial charge in [-0.3, -0.25) is 4.79 Å². The Morgan fingerprint density at radius 3 is 2.48 bits per heavy atom. The van der Waals surface area contributed by atoms with Crippen molar-refractivity contribution < 1.29 is 17.9 Å². The molecule has 0 spiro atoms. The molecule has 0 amide bonds. The molecule has 1 N–H and O–H groups in total. The monoisotopic (exact) mass is 353 g/mol. The molecule has 23 heavy (non-hydrogen) atoms. The van der Waals surface area contributed by atoms with Crippen LogP contribution in [0.1, 0.15) is 29.8 Å². The van der Waals surface area contributed by atoms with Crippen molar-refractivity contribution in [2.24, 2.45) is 0 Å². The summed E-state index contributed by atoms with van der Waals surface area (Å²) in [7, 11) is -2.43. The van der Waals surface area contributed by atoms with E-state index in [0.717, 1.165) is 16.9 Å². The SMILES string of the molecule is CCc1ccc(S(=O)(=O)NC(CC(=O)OC)c2cccs2)cc1. The molecule has 1 aromatic heterocycles. The van der Waals surface area contributed by atoms with Crippen LogP contribution in [0.2, 0.25) is 0 Å². The molecule has 0 aliphatic heterocycles. The predicted molar refractivity (Wildman–Crippen MR) is 89.8 cm³/mol. The Morgan fingerprint density at radius 2 is 1.96 bits per heavy atom. The smallest absolute Gasteiger partial charge is 0.307 e. The summed E-state index contributed by atoms with van der Waals surface area (Å²) in [5.74, 6) is -0.465. The number of carbonyl (C=O) groups excluding carboxylic acids is 1. The number of ether oxygens (including phenoxy) is 1. The maximum absolute atomic E-state index is 12.5. The minimum absolute atomic E-state index is 0.0523. The van der Waals surface area contributed by atoms with E-state index >= 15 is 0 Å². The van der Waals surface area contributed by atoms with Crippen molar-refractivity contribution in [1.82, 2.24) is 4.72 Å². The fraction of sp³-hybridized carbons (Fsp3) is 0.312. The lowest BCUT2D eigenvalue weighted by molar-refractivity contribution is -0.141. The average Bonchev–Trinajstić information content (AvgIpc) is 3.08. The van der Waals surface area contributed by atoms with Gasteiger partial charge in [0.1, 0.15) is 0 Å². The number of thiophene rings is 1. The van der Waals surface area contributed by atoms with Crippen molar-refractivity contribution in [1.29, 1.82) is 0 Å². The molecule has 0 fully saturated rings. The van der Waals surface area contributed by atoms with E-state index in [9.17, 15) is 13.2 Å². The van der Waals surface area contributed by atoms with Crippen molar-refractivity contribution in [2.45, 2.75) is 30.7 Å². The highest BCUT2D eigenvalue weighted by molar-refractivity contribution is 7.89. The number of rotatable bonds is 7. The highest BCUT2D eigenvalue weighted by Gasteiger charge is 2.24. The van der Waals surface area contributed by atoms with E-state index in [0.29, 0.717) is 0 Å². The van der Waals surface area contributed by atoms with E-state index in [4.69, 9.17) is 0 Å². The van der Waals surface area contributed by atoms with Crippen molar-refractivity contribution in [3.8, 4) is 0 Å². The van der Waals surface area contributed by atoms with Crippen molar-refractivity contribution in [2.75, 3.05) is 7.11 Å². The summed E-state index contributed by atoms with van der Waals surface area (Å²) >= 11 is 1.39. The van der Waals surface area contributed by atoms with Crippen LogP contribution in [0.3, 0.4) is 0 Å². The molecule has 1 atom stereocenters. The number of nitrogens with one attached hydrogen (secondary N) is 1. The van der Waals surface area contributed by atoms with Gasteiger partial charge in [-0.2, -0.15) is 0 Å². The van der Waals surface area contributed by atoms with Gasteiger partial charge in [0.2, 0.25) is 10.0 Å². The van der Waals surface area contributed by atoms with Crippen LogP contribution in [0.15, 0.2) is 46.7 Å². The summed E-state index contributed by atoms with van der Waals surface area (Å²) in [5, 5.41) is 1.84.